The Labute approximate surface area is 85.7 Å². The minimum Gasteiger partial charge on any atom is -0.269 e. The van der Waals surface area contributed by atoms with Gasteiger partial charge in [0.15, 0.2) is 0 Å². The van der Waals surface area contributed by atoms with Crippen LogP contribution in [0.4, 0.5) is 13.2 Å². The van der Waals surface area contributed by atoms with Gasteiger partial charge in [0.1, 0.15) is 0 Å². The van der Waals surface area contributed by atoms with E-state index in [1.165, 1.54) is 6.08 Å². The van der Waals surface area contributed by atoms with E-state index >= 15 is 0 Å². The molecule has 1 saturated carbocycles. The molecule has 2 aliphatic rings. The van der Waals surface area contributed by atoms with E-state index in [1.807, 2.05) is 0 Å². The predicted molar refractivity (Wildman–Crippen MR) is 47.9 cm³/mol. The Bertz CT molecular complexity index is 302. The molecular weight excluding hydrogens is 207 g/mol. The van der Waals surface area contributed by atoms with Gasteiger partial charge in [-0.1, -0.05) is 25.3 Å². The molecule has 1 spiro atoms. The Morgan fingerprint density at radius 1 is 1.20 bits per heavy atom. The number of carbonyl (C=O) groups is 1. The van der Waals surface area contributed by atoms with Crippen molar-refractivity contribution in [2.45, 2.75) is 43.9 Å². The summed E-state index contributed by atoms with van der Waals surface area (Å²) in [7, 11) is 0. The van der Waals surface area contributed by atoms with E-state index in [-0.39, 0.29) is 4.90 Å². The Hall–Kier alpha value is -1.00. The molecule has 15 heavy (non-hydrogen) atoms. The molecule has 1 amide bonds. The van der Waals surface area contributed by atoms with Crippen molar-refractivity contribution >= 4 is 5.91 Å². The summed E-state index contributed by atoms with van der Waals surface area (Å²) in [5, 5.41) is 0. The van der Waals surface area contributed by atoms with Gasteiger partial charge < -0.3 is 0 Å². The molecule has 5 heteroatoms. The van der Waals surface area contributed by atoms with Crippen LogP contribution in [0, 0.1) is 0 Å². The largest absolute Gasteiger partial charge is 0.488 e. The summed E-state index contributed by atoms with van der Waals surface area (Å²) in [6, 6.07) is 0. The zero-order chi connectivity index (χ0) is 11.1. The quantitative estimate of drug-likeness (QED) is 0.573. The molecule has 1 fully saturated rings. The van der Waals surface area contributed by atoms with Gasteiger partial charge in [-0.15, -0.1) is 13.2 Å². The predicted octanol–water partition coefficient (Wildman–Crippen LogP) is 2.61. The highest BCUT2D eigenvalue weighted by atomic mass is 19.4. The van der Waals surface area contributed by atoms with Crippen molar-refractivity contribution in [3.8, 4) is 0 Å². The molecule has 0 aromatic rings. The van der Waals surface area contributed by atoms with Crippen LogP contribution in [0.1, 0.15) is 32.1 Å². The van der Waals surface area contributed by atoms with Gasteiger partial charge in [0.05, 0.1) is 5.54 Å². The van der Waals surface area contributed by atoms with Gasteiger partial charge in [-0.2, -0.15) is 0 Å². The number of hydrogen-bond acceptors (Lipinski definition) is 1. The molecule has 0 radical (unpaired) electrons. The smallest absolute Gasteiger partial charge is 0.269 e. The van der Waals surface area contributed by atoms with Crippen molar-refractivity contribution < 1.29 is 18.0 Å². The van der Waals surface area contributed by atoms with Crippen LogP contribution >= 0.6 is 0 Å². The fraction of sp³-hybridized carbons (Fsp3) is 0.700. The number of rotatable bonds is 0. The third kappa shape index (κ3) is 1.64. The van der Waals surface area contributed by atoms with Crippen LogP contribution in [0.15, 0.2) is 12.2 Å². The van der Waals surface area contributed by atoms with E-state index in [0.717, 1.165) is 25.3 Å². The zero-order valence-corrected chi connectivity index (χ0v) is 8.18. The summed E-state index contributed by atoms with van der Waals surface area (Å²) in [5.41, 5.74) is -1.08. The minimum absolute atomic E-state index is 0.0964. The lowest BCUT2D eigenvalue weighted by atomic mass is 9.81. The third-order valence-electron chi connectivity index (χ3n) is 3.17. The van der Waals surface area contributed by atoms with E-state index in [4.69, 9.17) is 0 Å². The van der Waals surface area contributed by atoms with E-state index in [2.05, 4.69) is 0 Å². The van der Waals surface area contributed by atoms with Crippen molar-refractivity contribution in [3.63, 3.8) is 0 Å². The van der Waals surface area contributed by atoms with Crippen LogP contribution in [0.25, 0.3) is 0 Å². The summed E-state index contributed by atoms with van der Waals surface area (Å²) >= 11 is 0. The average molecular weight is 219 g/mol. The van der Waals surface area contributed by atoms with Gasteiger partial charge in [0.25, 0.3) is 5.91 Å². The number of hydrogen-bond donors (Lipinski definition) is 0. The summed E-state index contributed by atoms with van der Waals surface area (Å²) < 4.78 is 38.1. The zero-order valence-electron chi connectivity index (χ0n) is 8.18. The maximum atomic E-state index is 12.7. The van der Waals surface area contributed by atoms with Crippen molar-refractivity contribution in [2.75, 3.05) is 0 Å². The molecule has 1 aliphatic carbocycles. The van der Waals surface area contributed by atoms with Crippen LogP contribution in [0.5, 0.6) is 0 Å². The lowest BCUT2D eigenvalue weighted by Crippen LogP contribution is -2.54. The molecular formula is C10H12F3NO. The van der Waals surface area contributed by atoms with Crippen LogP contribution in [-0.4, -0.2) is 22.6 Å². The van der Waals surface area contributed by atoms with Gasteiger partial charge >= 0.3 is 6.30 Å². The Morgan fingerprint density at radius 3 is 2.33 bits per heavy atom. The van der Waals surface area contributed by atoms with Gasteiger partial charge in [0, 0.05) is 6.08 Å². The van der Waals surface area contributed by atoms with Gasteiger partial charge in [-0.3, -0.25) is 4.79 Å². The number of nitrogens with zero attached hydrogens (tertiary/aromatic N) is 1. The summed E-state index contributed by atoms with van der Waals surface area (Å²) in [6.07, 6.45) is 1.24. The topological polar surface area (TPSA) is 20.3 Å². The second-order valence-electron chi connectivity index (χ2n) is 4.14. The Morgan fingerprint density at radius 2 is 1.80 bits per heavy atom. The second kappa shape index (κ2) is 3.25. The average Bonchev–Trinajstić information content (AvgIpc) is 2.44. The molecule has 1 aliphatic heterocycles. The standard InChI is InChI=1S/C10H12F3NO/c11-10(12,13)14-8(15)4-7-9(14)5-2-1-3-6-9/h4,7H,1-3,5-6H2. The number of halogens is 3. The normalized spacial score (nSPS) is 25.3. The first-order valence-electron chi connectivity index (χ1n) is 5.06. The van der Waals surface area contributed by atoms with E-state index in [1.54, 1.807) is 0 Å². The summed E-state index contributed by atoms with van der Waals surface area (Å²) in [6.45, 7) is 0. The molecule has 0 unspecified atom stereocenters. The highest BCUT2D eigenvalue weighted by Gasteiger charge is 2.54. The Kier molecular flexibility index (Phi) is 2.28. The van der Waals surface area contributed by atoms with Crippen LogP contribution in [-0.2, 0) is 4.79 Å². The van der Waals surface area contributed by atoms with Crippen LogP contribution < -0.4 is 0 Å². The Balaban J connectivity index is 2.30. The molecule has 0 N–H and O–H groups in total. The highest BCUT2D eigenvalue weighted by molar-refractivity contribution is 5.91. The molecule has 0 saturated heterocycles. The molecule has 0 atom stereocenters. The molecule has 2 rings (SSSR count). The molecule has 84 valence electrons. The van der Waals surface area contributed by atoms with Crippen LogP contribution in [0.2, 0.25) is 0 Å². The monoisotopic (exact) mass is 219 g/mol. The minimum atomic E-state index is -4.56. The number of amides is 1. The van der Waals surface area contributed by atoms with E-state index in [0.29, 0.717) is 12.8 Å². The first-order chi connectivity index (χ1) is 6.96. The van der Waals surface area contributed by atoms with Crippen molar-refractivity contribution in [2.24, 2.45) is 0 Å². The fourth-order valence-corrected chi connectivity index (χ4v) is 2.53. The van der Waals surface area contributed by atoms with E-state index in [9.17, 15) is 18.0 Å². The molecule has 0 aromatic heterocycles. The van der Waals surface area contributed by atoms with Gasteiger partial charge in [-0.25, -0.2) is 4.90 Å². The third-order valence-corrected chi connectivity index (χ3v) is 3.17. The van der Waals surface area contributed by atoms with Crippen LogP contribution in [0.3, 0.4) is 0 Å². The highest BCUT2D eigenvalue weighted by Crippen LogP contribution is 2.43. The van der Waals surface area contributed by atoms with Gasteiger partial charge in [-0.05, 0) is 12.8 Å². The molecule has 0 bridgehead atoms. The lowest BCUT2D eigenvalue weighted by molar-refractivity contribution is -0.259. The van der Waals surface area contributed by atoms with E-state index < -0.39 is 17.7 Å². The van der Waals surface area contributed by atoms with Crippen molar-refractivity contribution in [1.29, 1.82) is 0 Å². The number of alkyl halides is 3. The maximum absolute atomic E-state index is 12.7. The van der Waals surface area contributed by atoms with Crippen molar-refractivity contribution in [3.05, 3.63) is 12.2 Å². The molecule has 0 aromatic carbocycles. The summed E-state index contributed by atoms with van der Waals surface area (Å²) in [4.78, 5) is 11.3. The molecule has 1 heterocycles. The summed E-state index contributed by atoms with van der Waals surface area (Å²) in [5.74, 6) is -0.926. The maximum Gasteiger partial charge on any atom is 0.488 e. The van der Waals surface area contributed by atoms with Crippen molar-refractivity contribution in [1.82, 2.24) is 4.90 Å². The SMILES string of the molecule is O=C1C=CC2(CCCCC2)N1C(F)(F)F. The molecule has 2 nitrogen and oxygen atoms in total. The fourth-order valence-electron chi connectivity index (χ4n) is 2.53. The first-order valence-corrected chi connectivity index (χ1v) is 5.06. The second-order valence-corrected chi connectivity index (χ2v) is 4.14. The van der Waals surface area contributed by atoms with Gasteiger partial charge in [0.2, 0.25) is 0 Å². The first kappa shape index (κ1) is 10.5. The lowest BCUT2D eigenvalue weighted by Gasteiger charge is -2.41. The number of carbonyl (C=O) groups excluding carboxylic acids is 1.